The fourth-order valence-corrected chi connectivity index (χ4v) is 2.42. The summed E-state index contributed by atoms with van der Waals surface area (Å²) in [7, 11) is 0. The van der Waals surface area contributed by atoms with Gasteiger partial charge in [-0.3, -0.25) is 4.79 Å². The van der Waals surface area contributed by atoms with E-state index in [-0.39, 0.29) is 12.6 Å². The third kappa shape index (κ3) is 4.45. The Balaban J connectivity index is 1.62. The van der Waals surface area contributed by atoms with Gasteiger partial charge >= 0.3 is 0 Å². The van der Waals surface area contributed by atoms with Gasteiger partial charge in [0.2, 0.25) is 0 Å². The predicted octanol–water partition coefficient (Wildman–Crippen LogP) is 3.95. The Morgan fingerprint density at radius 3 is 2.84 bits per heavy atom. The molecule has 1 aromatic carbocycles. The first-order chi connectivity index (χ1) is 12.0. The van der Waals surface area contributed by atoms with E-state index in [9.17, 15) is 4.79 Å². The predicted molar refractivity (Wildman–Crippen MR) is 98.7 cm³/mol. The fraction of sp³-hybridized carbons (Fsp3) is 0.167. The second-order valence-electron chi connectivity index (χ2n) is 5.60. The summed E-state index contributed by atoms with van der Waals surface area (Å²) < 4.78 is 8.20. The maximum absolute atomic E-state index is 12.2. The molecule has 3 aromatic rings. The number of pyridine rings is 1. The molecule has 0 fully saturated rings. The second-order valence-corrected chi connectivity index (χ2v) is 6.51. The van der Waals surface area contributed by atoms with Gasteiger partial charge in [0, 0.05) is 16.9 Å². The molecule has 2 heterocycles. The van der Waals surface area contributed by atoms with E-state index in [2.05, 4.69) is 31.3 Å². The average Bonchev–Trinajstić information content (AvgIpc) is 3.07. The van der Waals surface area contributed by atoms with E-state index in [4.69, 9.17) is 4.74 Å². The minimum absolute atomic E-state index is 0.230. The van der Waals surface area contributed by atoms with Gasteiger partial charge in [0.1, 0.15) is 11.6 Å². The SMILES string of the molecule is Cc1ccc(C)c(OCn2ccc(C(=O)Nc3ccc(Br)cn3)n2)c1. The summed E-state index contributed by atoms with van der Waals surface area (Å²) in [5, 5.41) is 6.94. The Morgan fingerprint density at radius 1 is 1.24 bits per heavy atom. The Morgan fingerprint density at radius 2 is 2.08 bits per heavy atom. The summed E-state index contributed by atoms with van der Waals surface area (Å²) in [5.74, 6) is 0.954. The van der Waals surface area contributed by atoms with Crippen molar-refractivity contribution in [3.05, 3.63) is 70.1 Å². The van der Waals surface area contributed by atoms with Crippen LogP contribution in [0.4, 0.5) is 5.82 Å². The van der Waals surface area contributed by atoms with Gasteiger partial charge in [0.15, 0.2) is 12.4 Å². The van der Waals surface area contributed by atoms with Crippen LogP contribution in [0.1, 0.15) is 21.6 Å². The zero-order chi connectivity index (χ0) is 17.8. The lowest BCUT2D eigenvalue weighted by molar-refractivity contribution is 0.102. The van der Waals surface area contributed by atoms with Gasteiger partial charge in [-0.25, -0.2) is 9.67 Å². The zero-order valence-electron chi connectivity index (χ0n) is 13.9. The highest BCUT2D eigenvalue weighted by molar-refractivity contribution is 9.10. The van der Waals surface area contributed by atoms with Crippen LogP contribution in [0, 0.1) is 13.8 Å². The van der Waals surface area contributed by atoms with Gasteiger partial charge in [0.25, 0.3) is 5.91 Å². The second kappa shape index (κ2) is 7.48. The summed E-state index contributed by atoms with van der Waals surface area (Å²) in [6.07, 6.45) is 3.32. The Bertz CT molecular complexity index is 890. The quantitative estimate of drug-likeness (QED) is 0.703. The molecule has 128 valence electrons. The smallest absolute Gasteiger partial charge is 0.277 e. The monoisotopic (exact) mass is 400 g/mol. The molecule has 0 aliphatic rings. The van der Waals surface area contributed by atoms with Crippen molar-refractivity contribution in [3.63, 3.8) is 0 Å². The molecule has 0 aliphatic carbocycles. The van der Waals surface area contributed by atoms with Gasteiger partial charge in [-0.05, 0) is 65.2 Å². The molecule has 0 atom stereocenters. The number of amides is 1. The third-order valence-electron chi connectivity index (χ3n) is 3.54. The number of benzene rings is 1. The number of rotatable bonds is 5. The topological polar surface area (TPSA) is 69.0 Å². The number of nitrogens with one attached hydrogen (secondary N) is 1. The van der Waals surface area contributed by atoms with E-state index in [1.54, 1.807) is 35.3 Å². The first-order valence-electron chi connectivity index (χ1n) is 7.68. The zero-order valence-corrected chi connectivity index (χ0v) is 15.4. The van der Waals surface area contributed by atoms with Crippen molar-refractivity contribution in [2.75, 3.05) is 5.32 Å². The van der Waals surface area contributed by atoms with Crippen LogP contribution in [0.15, 0.2) is 53.3 Å². The molecule has 0 radical (unpaired) electrons. The number of anilines is 1. The van der Waals surface area contributed by atoms with Gasteiger partial charge in [-0.15, -0.1) is 0 Å². The summed E-state index contributed by atoms with van der Waals surface area (Å²) in [6.45, 7) is 4.23. The maximum Gasteiger partial charge on any atom is 0.277 e. The summed E-state index contributed by atoms with van der Waals surface area (Å²) in [4.78, 5) is 16.3. The molecule has 0 unspecified atom stereocenters. The first kappa shape index (κ1) is 17.2. The average molecular weight is 401 g/mol. The number of carbonyl (C=O) groups excluding carboxylic acids is 1. The van der Waals surface area contributed by atoms with E-state index < -0.39 is 0 Å². The standard InChI is InChI=1S/C18H17BrN4O2/c1-12-3-4-13(2)16(9-12)25-11-23-8-7-15(22-23)18(24)21-17-6-5-14(19)10-20-17/h3-10H,11H2,1-2H3,(H,20,21,24). The highest BCUT2D eigenvalue weighted by Crippen LogP contribution is 2.19. The summed E-state index contributed by atoms with van der Waals surface area (Å²) >= 11 is 3.30. The van der Waals surface area contributed by atoms with Crippen LogP contribution in [0.25, 0.3) is 0 Å². The van der Waals surface area contributed by atoms with Crippen LogP contribution in [0.2, 0.25) is 0 Å². The minimum atomic E-state index is -0.319. The number of nitrogens with zero attached hydrogens (tertiary/aromatic N) is 3. The summed E-state index contributed by atoms with van der Waals surface area (Å²) in [5.41, 5.74) is 2.48. The van der Waals surface area contributed by atoms with Gasteiger partial charge in [0.05, 0.1) is 0 Å². The molecule has 0 saturated heterocycles. The number of hydrogen-bond acceptors (Lipinski definition) is 4. The Kier molecular flexibility index (Phi) is 5.14. The largest absolute Gasteiger partial charge is 0.471 e. The molecular weight excluding hydrogens is 384 g/mol. The number of halogens is 1. The van der Waals surface area contributed by atoms with Gasteiger partial charge in [-0.1, -0.05) is 12.1 Å². The molecule has 3 rings (SSSR count). The molecule has 1 N–H and O–H groups in total. The van der Waals surface area contributed by atoms with Crippen molar-refractivity contribution in [1.82, 2.24) is 14.8 Å². The normalized spacial score (nSPS) is 10.5. The molecule has 0 bridgehead atoms. The molecule has 25 heavy (non-hydrogen) atoms. The van der Waals surface area contributed by atoms with Crippen molar-refractivity contribution >= 4 is 27.7 Å². The third-order valence-corrected chi connectivity index (χ3v) is 4.01. The molecular formula is C18H17BrN4O2. The maximum atomic E-state index is 12.2. The van der Waals surface area contributed by atoms with Crippen molar-refractivity contribution in [3.8, 4) is 5.75 Å². The van der Waals surface area contributed by atoms with Crippen LogP contribution in [-0.4, -0.2) is 20.7 Å². The van der Waals surface area contributed by atoms with Crippen LogP contribution in [0.3, 0.4) is 0 Å². The van der Waals surface area contributed by atoms with E-state index in [1.165, 1.54) is 0 Å². The molecule has 0 aliphatic heterocycles. The van der Waals surface area contributed by atoms with Crippen LogP contribution < -0.4 is 10.1 Å². The number of ether oxygens (including phenoxy) is 1. The number of carbonyl (C=O) groups is 1. The molecule has 2 aromatic heterocycles. The molecule has 0 spiro atoms. The lowest BCUT2D eigenvalue weighted by Crippen LogP contribution is -2.15. The first-order valence-corrected chi connectivity index (χ1v) is 8.47. The Labute approximate surface area is 154 Å². The van der Waals surface area contributed by atoms with E-state index in [0.29, 0.717) is 11.5 Å². The minimum Gasteiger partial charge on any atom is -0.471 e. The number of hydrogen-bond donors (Lipinski definition) is 1. The van der Waals surface area contributed by atoms with Crippen LogP contribution in [0.5, 0.6) is 5.75 Å². The molecule has 0 saturated carbocycles. The fourth-order valence-electron chi connectivity index (χ4n) is 2.18. The molecule has 7 heteroatoms. The van der Waals surface area contributed by atoms with E-state index in [0.717, 1.165) is 21.3 Å². The number of aromatic nitrogens is 3. The summed E-state index contributed by atoms with van der Waals surface area (Å²) in [6, 6.07) is 11.2. The lowest BCUT2D eigenvalue weighted by atomic mass is 10.1. The lowest BCUT2D eigenvalue weighted by Gasteiger charge is -2.09. The van der Waals surface area contributed by atoms with Crippen LogP contribution >= 0.6 is 15.9 Å². The van der Waals surface area contributed by atoms with E-state index in [1.807, 2.05) is 32.0 Å². The van der Waals surface area contributed by atoms with Crippen LogP contribution in [-0.2, 0) is 6.73 Å². The Hall–Kier alpha value is -2.67. The molecule has 1 amide bonds. The van der Waals surface area contributed by atoms with Gasteiger partial charge in [-0.2, -0.15) is 5.10 Å². The highest BCUT2D eigenvalue weighted by Gasteiger charge is 2.11. The van der Waals surface area contributed by atoms with Gasteiger partial charge < -0.3 is 10.1 Å². The van der Waals surface area contributed by atoms with Crippen molar-refractivity contribution < 1.29 is 9.53 Å². The highest BCUT2D eigenvalue weighted by atomic mass is 79.9. The number of aryl methyl sites for hydroxylation is 2. The van der Waals surface area contributed by atoms with Crippen molar-refractivity contribution in [1.29, 1.82) is 0 Å². The molecule has 6 nitrogen and oxygen atoms in total. The van der Waals surface area contributed by atoms with E-state index >= 15 is 0 Å². The van der Waals surface area contributed by atoms with Crippen molar-refractivity contribution in [2.24, 2.45) is 0 Å². The van der Waals surface area contributed by atoms with Crippen molar-refractivity contribution in [2.45, 2.75) is 20.6 Å².